The molecule has 0 aromatic rings. The maximum absolute atomic E-state index is 8.22. The van der Waals surface area contributed by atoms with Crippen LogP contribution in [0.25, 0.3) is 0 Å². The summed E-state index contributed by atoms with van der Waals surface area (Å²) in [5, 5.41) is 11.6. The van der Waals surface area contributed by atoms with Gasteiger partial charge < -0.3 is 10.2 Å². The van der Waals surface area contributed by atoms with E-state index in [1.165, 1.54) is 19.3 Å². The molecule has 0 saturated heterocycles. The van der Waals surface area contributed by atoms with Gasteiger partial charge in [0.15, 0.2) is 0 Å². The van der Waals surface area contributed by atoms with Crippen LogP contribution >= 0.6 is 0 Å². The Morgan fingerprint density at radius 1 is 1.00 bits per heavy atom. The van der Waals surface area contributed by atoms with E-state index >= 15 is 0 Å². The Morgan fingerprint density at radius 3 is 2.06 bits per heavy atom. The average molecular weight is 261 g/mol. The molecule has 0 rings (SSSR count). The Labute approximate surface area is 115 Å². The summed E-state index contributed by atoms with van der Waals surface area (Å²) in [7, 11) is 0. The van der Waals surface area contributed by atoms with Crippen molar-refractivity contribution in [2.24, 2.45) is 0 Å². The van der Waals surface area contributed by atoms with Crippen LogP contribution in [0.1, 0.15) is 73.1 Å². The van der Waals surface area contributed by atoms with Gasteiger partial charge in [-0.3, -0.25) is 0 Å². The van der Waals surface area contributed by atoms with Crippen LogP contribution in [-0.4, -0.2) is 18.3 Å². The van der Waals surface area contributed by atoms with Gasteiger partial charge in [0, 0.05) is 6.42 Å². The first-order valence-corrected chi connectivity index (χ1v) is 7.51. The van der Waals surface area contributed by atoms with Gasteiger partial charge in [0.1, 0.15) is 5.76 Å². The molecule has 0 radical (unpaired) electrons. The first kappa shape index (κ1) is 22.6. The van der Waals surface area contributed by atoms with Crippen LogP contribution in [0.4, 0.5) is 0 Å². The third kappa shape index (κ3) is 24.6. The molecule has 0 spiro atoms. The van der Waals surface area contributed by atoms with E-state index in [1.54, 1.807) is 0 Å². The van der Waals surface area contributed by atoms with Gasteiger partial charge in [-0.2, -0.15) is 0 Å². The molecule has 3 nitrogen and oxygen atoms in total. The van der Waals surface area contributed by atoms with Gasteiger partial charge in [-0.15, -0.1) is 0 Å². The topological polar surface area (TPSA) is 41.5 Å². The summed E-state index contributed by atoms with van der Waals surface area (Å²) in [5.41, 5.74) is 0. The molecule has 112 valence electrons. The summed E-state index contributed by atoms with van der Waals surface area (Å²) in [4.78, 5) is 4.00. The number of hydrogen-bond donors (Lipinski definition) is 2. The number of rotatable bonds is 10. The van der Waals surface area contributed by atoms with Gasteiger partial charge in [0.2, 0.25) is 0 Å². The summed E-state index contributed by atoms with van der Waals surface area (Å²) in [6, 6.07) is 0. The van der Waals surface area contributed by atoms with E-state index in [2.05, 4.69) is 23.7 Å². The predicted octanol–water partition coefficient (Wildman–Crippen LogP) is 4.99. The van der Waals surface area contributed by atoms with E-state index < -0.39 is 0 Å². The maximum Gasteiger partial charge on any atom is 0.135 e. The van der Waals surface area contributed by atoms with Gasteiger partial charge in [-0.25, -0.2) is 5.26 Å². The summed E-state index contributed by atoms with van der Waals surface area (Å²) in [6.07, 6.45) is 6.64. The molecular formula is C15H35NO2. The molecule has 0 aliphatic heterocycles. The van der Waals surface area contributed by atoms with Crippen molar-refractivity contribution in [3.05, 3.63) is 12.3 Å². The van der Waals surface area contributed by atoms with E-state index in [0.717, 1.165) is 32.4 Å². The maximum atomic E-state index is 8.22. The van der Waals surface area contributed by atoms with E-state index in [0.29, 0.717) is 5.76 Å². The van der Waals surface area contributed by atoms with Crippen molar-refractivity contribution in [2.75, 3.05) is 13.1 Å². The van der Waals surface area contributed by atoms with Crippen LogP contribution in [0.5, 0.6) is 0 Å². The Kier molecular flexibility index (Phi) is 31.8. The van der Waals surface area contributed by atoms with Gasteiger partial charge in [0.25, 0.3) is 0 Å². The summed E-state index contributed by atoms with van der Waals surface area (Å²) in [5.74, 6) is 0.462. The predicted molar refractivity (Wildman–Crippen MR) is 81.8 cm³/mol. The minimum absolute atomic E-state index is 0.462. The molecule has 0 aliphatic rings. The average Bonchev–Trinajstić information content (AvgIpc) is 2.45. The number of unbranched alkanes of at least 4 members (excludes halogenated alkanes) is 3. The fourth-order valence-electron chi connectivity index (χ4n) is 1.22. The zero-order valence-electron chi connectivity index (χ0n) is 13.2. The summed E-state index contributed by atoms with van der Waals surface area (Å²) in [6.45, 7) is 16.0. The largest absolute Gasteiger partial charge is 0.345 e. The van der Waals surface area contributed by atoms with Crippen molar-refractivity contribution in [3.8, 4) is 0 Å². The highest BCUT2D eigenvalue weighted by Gasteiger charge is 1.94. The van der Waals surface area contributed by atoms with Crippen LogP contribution in [-0.2, 0) is 4.89 Å². The second kappa shape index (κ2) is 25.3. The Bertz CT molecular complexity index is 138. The quantitative estimate of drug-likeness (QED) is 0.252. The highest BCUT2D eigenvalue weighted by Crippen LogP contribution is 2.06. The first-order chi connectivity index (χ1) is 8.81. The molecular weight excluding hydrogens is 226 g/mol. The van der Waals surface area contributed by atoms with Crippen molar-refractivity contribution in [3.63, 3.8) is 0 Å². The third-order valence-electron chi connectivity index (χ3n) is 2.15. The lowest BCUT2D eigenvalue weighted by Crippen LogP contribution is -2.16. The van der Waals surface area contributed by atoms with Crippen molar-refractivity contribution in [2.45, 2.75) is 73.1 Å². The number of hydrogen-bond acceptors (Lipinski definition) is 3. The number of nitrogens with one attached hydrogen (secondary N) is 1. The lowest BCUT2D eigenvalue weighted by Gasteiger charge is -2.04. The highest BCUT2D eigenvalue weighted by molar-refractivity contribution is 4.79. The zero-order chi connectivity index (χ0) is 14.6. The minimum Gasteiger partial charge on any atom is -0.345 e. The lowest BCUT2D eigenvalue weighted by atomic mass is 10.2. The van der Waals surface area contributed by atoms with E-state index in [9.17, 15) is 0 Å². The van der Waals surface area contributed by atoms with Crippen molar-refractivity contribution in [1.82, 2.24) is 5.32 Å². The van der Waals surface area contributed by atoms with E-state index in [1.807, 2.05) is 27.7 Å². The summed E-state index contributed by atoms with van der Waals surface area (Å²) >= 11 is 0. The molecule has 0 unspecified atom stereocenters. The molecule has 0 atom stereocenters. The van der Waals surface area contributed by atoms with Crippen LogP contribution < -0.4 is 5.32 Å². The Morgan fingerprint density at radius 2 is 1.56 bits per heavy atom. The Hall–Kier alpha value is -0.540. The van der Waals surface area contributed by atoms with Crippen LogP contribution in [0.2, 0.25) is 0 Å². The molecule has 0 amide bonds. The van der Waals surface area contributed by atoms with Crippen LogP contribution in [0.3, 0.4) is 0 Å². The third-order valence-corrected chi connectivity index (χ3v) is 2.15. The molecule has 0 aliphatic carbocycles. The van der Waals surface area contributed by atoms with Gasteiger partial charge >= 0.3 is 0 Å². The van der Waals surface area contributed by atoms with Gasteiger partial charge in [-0.1, -0.05) is 54.0 Å². The van der Waals surface area contributed by atoms with E-state index in [4.69, 9.17) is 5.26 Å². The zero-order valence-corrected chi connectivity index (χ0v) is 13.2. The van der Waals surface area contributed by atoms with Crippen molar-refractivity contribution >= 4 is 0 Å². The lowest BCUT2D eigenvalue weighted by molar-refractivity contribution is -0.205. The molecule has 18 heavy (non-hydrogen) atoms. The molecule has 0 heterocycles. The second-order valence-corrected chi connectivity index (χ2v) is 3.54. The van der Waals surface area contributed by atoms with Crippen LogP contribution in [0.15, 0.2) is 12.3 Å². The van der Waals surface area contributed by atoms with E-state index in [-0.39, 0.29) is 0 Å². The van der Waals surface area contributed by atoms with Crippen molar-refractivity contribution in [1.29, 1.82) is 0 Å². The monoisotopic (exact) mass is 261 g/mol. The molecule has 3 heteroatoms. The smallest absolute Gasteiger partial charge is 0.135 e. The highest BCUT2D eigenvalue weighted by atomic mass is 17.1. The molecule has 0 aromatic heterocycles. The number of allylic oxidation sites excluding steroid dienone is 1. The standard InChI is InChI=1S/C11H23NO2.2C2H6/c1-3-4-9-12-10-7-5-6-8-11(2)14-13;2*1-2/h12-13H,2-10H2,1H3;2*1-2H3. The fraction of sp³-hybridized carbons (Fsp3) is 0.867. The Balaban J connectivity index is -0.000000506. The fourth-order valence-corrected chi connectivity index (χ4v) is 1.22. The molecule has 0 saturated carbocycles. The molecule has 0 aromatic carbocycles. The first-order valence-electron chi connectivity index (χ1n) is 7.51. The second-order valence-electron chi connectivity index (χ2n) is 3.54. The minimum atomic E-state index is 0.462. The molecule has 0 fully saturated rings. The summed E-state index contributed by atoms with van der Waals surface area (Å²) < 4.78 is 0. The molecule has 2 N–H and O–H groups in total. The van der Waals surface area contributed by atoms with Gasteiger partial charge in [0.05, 0.1) is 0 Å². The molecule has 0 bridgehead atoms. The van der Waals surface area contributed by atoms with Crippen LogP contribution in [0, 0.1) is 0 Å². The van der Waals surface area contributed by atoms with Gasteiger partial charge in [-0.05, 0) is 32.4 Å². The SMILES string of the molecule is C=C(CCCCCNCCCC)OO.CC.CC. The van der Waals surface area contributed by atoms with Crippen molar-refractivity contribution < 1.29 is 10.1 Å². The normalized spacial score (nSPS) is 8.56.